The molecule has 0 saturated carbocycles. The van der Waals surface area contributed by atoms with E-state index < -0.39 is 36.7 Å². The van der Waals surface area contributed by atoms with Crippen molar-refractivity contribution >= 4 is 40.8 Å². The maximum absolute atomic E-state index is 11.2. The molecular weight excluding hydrogens is 467 g/mol. The van der Waals surface area contributed by atoms with Crippen molar-refractivity contribution in [3.05, 3.63) is 39.3 Å². The van der Waals surface area contributed by atoms with Crippen LogP contribution < -0.4 is 14.2 Å². The largest absolute Gasteiger partial charge is 0.479 e. The average Bonchev–Trinajstić information content (AvgIpc) is 2.68. The van der Waals surface area contributed by atoms with Crippen LogP contribution in [-0.4, -0.2) is 57.1 Å². The molecule has 9 nitrogen and oxygen atoms in total. The van der Waals surface area contributed by atoms with Crippen LogP contribution in [0.5, 0.6) is 28.7 Å². The maximum atomic E-state index is 11.2. The van der Waals surface area contributed by atoms with Gasteiger partial charge in [-0.25, -0.2) is 4.79 Å². The predicted molar refractivity (Wildman–Crippen MR) is 103 cm³/mol. The van der Waals surface area contributed by atoms with Crippen molar-refractivity contribution in [1.82, 2.24) is 0 Å². The van der Waals surface area contributed by atoms with E-state index in [1.807, 2.05) is 0 Å². The summed E-state index contributed by atoms with van der Waals surface area (Å²) in [6.45, 7) is 0. The van der Waals surface area contributed by atoms with Crippen LogP contribution in [0.2, 0.25) is 15.1 Å². The van der Waals surface area contributed by atoms with Gasteiger partial charge < -0.3 is 39.4 Å². The quantitative estimate of drug-likeness (QED) is 0.447. The van der Waals surface area contributed by atoms with Crippen LogP contribution in [0.3, 0.4) is 0 Å². The molecule has 12 heteroatoms. The highest BCUT2D eigenvalue weighted by atomic mass is 35.5. The lowest BCUT2D eigenvalue weighted by atomic mass is 9.99. The minimum atomic E-state index is -1.85. The van der Waals surface area contributed by atoms with Gasteiger partial charge in [-0.05, 0) is 0 Å². The van der Waals surface area contributed by atoms with Crippen LogP contribution in [0, 0.1) is 0 Å². The van der Waals surface area contributed by atoms with Crippen molar-refractivity contribution in [3.8, 4) is 28.7 Å². The van der Waals surface area contributed by atoms with Gasteiger partial charge in [0.1, 0.15) is 24.1 Å². The molecule has 0 aromatic heterocycles. The molecule has 2 aliphatic heterocycles. The van der Waals surface area contributed by atoms with Gasteiger partial charge in [0.15, 0.2) is 29.1 Å². The Kier molecular flexibility index (Phi) is 5.62. The van der Waals surface area contributed by atoms with Gasteiger partial charge >= 0.3 is 5.97 Å². The molecule has 0 aliphatic carbocycles. The van der Waals surface area contributed by atoms with Crippen LogP contribution >= 0.6 is 34.8 Å². The normalized spacial score (nSPS) is 27.3. The van der Waals surface area contributed by atoms with E-state index in [1.54, 1.807) is 0 Å². The summed E-state index contributed by atoms with van der Waals surface area (Å²) in [5, 5.41) is 39.4. The van der Waals surface area contributed by atoms with Crippen molar-refractivity contribution < 1.29 is 44.2 Å². The lowest BCUT2D eigenvalue weighted by Gasteiger charge is -2.38. The molecule has 0 spiro atoms. The summed E-state index contributed by atoms with van der Waals surface area (Å²) in [4.78, 5) is 11.2. The molecule has 4 N–H and O–H groups in total. The van der Waals surface area contributed by atoms with E-state index in [1.165, 1.54) is 24.3 Å². The third kappa shape index (κ3) is 3.74. The zero-order chi connectivity index (χ0) is 21.7. The number of rotatable bonds is 3. The number of halogens is 3. The molecule has 2 aromatic rings. The first-order valence-electron chi connectivity index (χ1n) is 8.43. The first-order chi connectivity index (χ1) is 14.2. The highest BCUT2D eigenvalue weighted by molar-refractivity contribution is 6.42. The number of fused-ring (bicyclic) bond motifs is 2. The van der Waals surface area contributed by atoms with Crippen molar-refractivity contribution in [2.24, 2.45) is 0 Å². The number of hydrogen-bond donors (Lipinski definition) is 4. The van der Waals surface area contributed by atoms with Gasteiger partial charge in [0.2, 0.25) is 6.29 Å². The van der Waals surface area contributed by atoms with Crippen LogP contribution in [0.15, 0.2) is 24.3 Å². The first-order valence-corrected chi connectivity index (χ1v) is 9.56. The Morgan fingerprint density at radius 2 is 1.30 bits per heavy atom. The molecule has 2 aromatic carbocycles. The predicted octanol–water partition coefficient (Wildman–Crippen LogP) is 2.82. The number of carboxylic acid groups (broad SMARTS) is 1. The van der Waals surface area contributed by atoms with Gasteiger partial charge in [-0.15, -0.1) is 0 Å². The summed E-state index contributed by atoms with van der Waals surface area (Å²) in [6, 6.07) is 5.63. The summed E-state index contributed by atoms with van der Waals surface area (Å²) < 4.78 is 22.0. The van der Waals surface area contributed by atoms with E-state index in [2.05, 4.69) is 0 Å². The molecule has 0 unspecified atom stereocenters. The van der Waals surface area contributed by atoms with Gasteiger partial charge in [0.05, 0.1) is 15.1 Å². The van der Waals surface area contributed by atoms with Gasteiger partial charge in [-0.2, -0.15) is 0 Å². The monoisotopic (exact) mass is 478 g/mol. The van der Waals surface area contributed by atoms with Crippen molar-refractivity contribution in [1.29, 1.82) is 0 Å². The Hall–Kier alpha value is -1.98. The Morgan fingerprint density at radius 3 is 1.83 bits per heavy atom. The van der Waals surface area contributed by atoms with Crippen LogP contribution in [0.4, 0.5) is 0 Å². The molecule has 160 valence electrons. The highest BCUT2D eigenvalue weighted by Gasteiger charge is 2.48. The second-order valence-corrected chi connectivity index (χ2v) is 7.72. The summed E-state index contributed by atoms with van der Waals surface area (Å²) in [5.41, 5.74) is 0. The number of aliphatic hydroxyl groups excluding tert-OH is 3. The van der Waals surface area contributed by atoms with Gasteiger partial charge in [-0.1, -0.05) is 34.8 Å². The molecule has 1 saturated heterocycles. The Labute approximate surface area is 183 Å². The topological polar surface area (TPSA) is 135 Å². The summed E-state index contributed by atoms with van der Waals surface area (Å²) in [5.74, 6) is -0.581. The molecule has 0 amide bonds. The molecule has 0 radical (unpaired) electrons. The Balaban J connectivity index is 1.61. The number of hydrogen-bond acceptors (Lipinski definition) is 8. The molecule has 30 heavy (non-hydrogen) atoms. The lowest BCUT2D eigenvalue weighted by Crippen LogP contribution is -2.61. The number of aliphatic hydroxyl groups is 3. The van der Waals surface area contributed by atoms with E-state index >= 15 is 0 Å². The molecule has 5 atom stereocenters. The van der Waals surface area contributed by atoms with E-state index in [0.717, 1.165) is 0 Å². The van der Waals surface area contributed by atoms with Crippen LogP contribution in [-0.2, 0) is 9.53 Å². The third-order valence-corrected chi connectivity index (χ3v) is 5.50. The fourth-order valence-corrected chi connectivity index (χ4v) is 3.45. The SMILES string of the molecule is O=C(O)[C@H]1O[C@@H](Oc2cc3c(cc2Cl)Oc2cc(Cl)c(Cl)cc2O3)[C@H](O)[C@@H](O)[C@@H]1O. The van der Waals surface area contributed by atoms with Crippen LogP contribution in [0.1, 0.15) is 0 Å². The minimum absolute atomic E-state index is 0.0177. The standard InChI is InChI=1S/C18H13Cl3O9/c19-5-1-9-10(2-6(5)20)28-12-4-8(7(21)3-11(12)27-9)29-18-15(24)13(22)14(23)16(30-18)17(25)26/h1-4,13-16,18,22-24H,(H,25,26)/t13-,14-,15+,16-,18+/m0/s1. The summed E-state index contributed by atoms with van der Waals surface area (Å²) >= 11 is 18.2. The zero-order valence-corrected chi connectivity index (χ0v) is 16.9. The van der Waals surface area contributed by atoms with E-state index in [4.69, 9.17) is 58.9 Å². The van der Waals surface area contributed by atoms with Gasteiger partial charge in [0.25, 0.3) is 0 Å². The molecular formula is C18H13Cl3O9. The van der Waals surface area contributed by atoms with Gasteiger partial charge in [-0.3, -0.25) is 0 Å². The fourth-order valence-electron chi connectivity index (χ4n) is 2.95. The number of carbonyl (C=O) groups is 1. The maximum Gasteiger partial charge on any atom is 0.335 e. The second kappa shape index (κ2) is 7.93. The van der Waals surface area contributed by atoms with Crippen LogP contribution in [0.25, 0.3) is 0 Å². The van der Waals surface area contributed by atoms with Gasteiger partial charge in [0, 0.05) is 24.3 Å². The number of aliphatic carboxylic acids is 1. The number of benzene rings is 2. The Morgan fingerprint density at radius 1 is 0.800 bits per heavy atom. The van der Waals surface area contributed by atoms with Crippen molar-refractivity contribution in [2.45, 2.75) is 30.7 Å². The lowest BCUT2D eigenvalue weighted by molar-refractivity contribution is -0.271. The van der Waals surface area contributed by atoms with E-state index in [0.29, 0.717) is 5.75 Å². The zero-order valence-electron chi connectivity index (χ0n) is 14.7. The second-order valence-electron chi connectivity index (χ2n) is 6.50. The smallest absolute Gasteiger partial charge is 0.335 e. The average molecular weight is 480 g/mol. The number of carboxylic acids is 1. The minimum Gasteiger partial charge on any atom is -0.479 e. The van der Waals surface area contributed by atoms with E-state index in [-0.39, 0.29) is 38.1 Å². The summed E-state index contributed by atoms with van der Waals surface area (Å²) in [6.07, 6.45) is -8.87. The fraction of sp³-hybridized carbons (Fsp3) is 0.278. The van der Waals surface area contributed by atoms with Crippen molar-refractivity contribution in [2.75, 3.05) is 0 Å². The molecule has 2 heterocycles. The Bertz CT molecular complexity index is 1010. The summed E-state index contributed by atoms with van der Waals surface area (Å²) in [7, 11) is 0. The van der Waals surface area contributed by atoms with E-state index in [9.17, 15) is 20.1 Å². The number of ether oxygens (including phenoxy) is 4. The molecule has 4 rings (SSSR count). The third-order valence-electron chi connectivity index (χ3n) is 4.48. The van der Waals surface area contributed by atoms with Crippen molar-refractivity contribution in [3.63, 3.8) is 0 Å². The molecule has 0 bridgehead atoms. The first kappa shape index (κ1) is 21.3. The molecule has 2 aliphatic rings. The molecule has 1 fully saturated rings. The highest BCUT2D eigenvalue weighted by Crippen LogP contribution is 2.50.